The van der Waals surface area contributed by atoms with Crippen LogP contribution in [0.15, 0.2) is 18.2 Å². The van der Waals surface area contributed by atoms with Crippen molar-refractivity contribution in [3.8, 4) is 5.75 Å². The monoisotopic (exact) mass is 369 g/mol. The first-order valence-corrected chi connectivity index (χ1v) is 6.42. The number of carbonyl (C=O) groups is 1. The number of halogens is 2. The molecule has 1 aromatic rings. The van der Waals surface area contributed by atoms with Crippen molar-refractivity contribution < 1.29 is 14.3 Å². The summed E-state index contributed by atoms with van der Waals surface area (Å²) in [5.74, 6) is 0.429. The molecular weight excluding hydrogens is 356 g/mol. The standard InChI is InChI=1S/C11H13ClINO3/c1-16-5-4-14-11(15)7-17-10-6-8(12)2-3-9(10)13/h2-3,6H,4-5,7H2,1H3,(H,14,15). The van der Waals surface area contributed by atoms with Gasteiger partial charge in [-0.05, 0) is 40.8 Å². The fraction of sp³-hybridized carbons (Fsp3) is 0.364. The van der Waals surface area contributed by atoms with Crippen LogP contribution in [-0.2, 0) is 9.53 Å². The molecule has 0 aliphatic heterocycles. The molecule has 0 aromatic heterocycles. The number of carbonyl (C=O) groups excluding carboxylic acids is 1. The molecular formula is C11H13ClINO3. The Labute approximate surface area is 119 Å². The first-order valence-electron chi connectivity index (χ1n) is 4.97. The lowest BCUT2D eigenvalue weighted by atomic mass is 10.3. The lowest BCUT2D eigenvalue weighted by Crippen LogP contribution is -2.31. The van der Waals surface area contributed by atoms with Gasteiger partial charge in [0.05, 0.1) is 10.2 Å². The van der Waals surface area contributed by atoms with Crippen LogP contribution in [0.5, 0.6) is 5.75 Å². The topological polar surface area (TPSA) is 47.6 Å². The summed E-state index contributed by atoms with van der Waals surface area (Å²) < 4.78 is 11.1. The number of ether oxygens (including phenoxy) is 2. The molecule has 0 unspecified atom stereocenters. The van der Waals surface area contributed by atoms with E-state index >= 15 is 0 Å². The third kappa shape index (κ3) is 5.56. The van der Waals surface area contributed by atoms with E-state index in [9.17, 15) is 4.79 Å². The number of hydrogen-bond acceptors (Lipinski definition) is 3. The van der Waals surface area contributed by atoms with E-state index in [1.54, 1.807) is 19.2 Å². The summed E-state index contributed by atoms with van der Waals surface area (Å²) in [4.78, 5) is 11.4. The van der Waals surface area contributed by atoms with E-state index in [1.165, 1.54) is 0 Å². The summed E-state index contributed by atoms with van der Waals surface area (Å²) in [6.07, 6.45) is 0. The molecule has 0 bridgehead atoms. The fourth-order valence-electron chi connectivity index (χ4n) is 1.07. The van der Waals surface area contributed by atoms with E-state index in [1.807, 2.05) is 6.07 Å². The van der Waals surface area contributed by atoms with Crippen LogP contribution in [0.25, 0.3) is 0 Å². The number of amides is 1. The van der Waals surface area contributed by atoms with Gasteiger partial charge >= 0.3 is 0 Å². The molecule has 1 rings (SSSR count). The van der Waals surface area contributed by atoms with Crippen LogP contribution < -0.4 is 10.1 Å². The number of methoxy groups -OCH3 is 1. The lowest BCUT2D eigenvalue weighted by molar-refractivity contribution is -0.123. The maximum Gasteiger partial charge on any atom is 0.258 e. The van der Waals surface area contributed by atoms with Crippen LogP contribution in [0.1, 0.15) is 0 Å². The number of benzene rings is 1. The van der Waals surface area contributed by atoms with Gasteiger partial charge in [0.2, 0.25) is 0 Å². The minimum Gasteiger partial charge on any atom is -0.483 e. The molecule has 0 saturated heterocycles. The number of rotatable bonds is 6. The van der Waals surface area contributed by atoms with Gasteiger partial charge in [-0.25, -0.2) is 0 Å². The van der Waals surface area contributed by atoms with Gasteiger partial charge in [0.15, 0.2) is 6.61 Å². The third-order valence-corrected chi connectivity index (χ3v) is 3.01. The van der Waals surface area contributed by atoms with E-state index in [-0.39, 0.29) is 12.5 Å². The maximum absolute atomic E-state index is 11.4. The van der Waals surface area contributed by atoms with Crippen molar-refractivity contribution in [1.82, 2.24) is 5.32 Å². The first-order chi connectivity index (χ1) is 8.13. The van der Waals surface area contributed by atoms with Crippen molar-refractivity contribution in [3.05, 3.63) is 26.8 Å². The Kier molecular flexibility index (Phi) is 6.61. The average molecular weight is 370 g/mol. The minimum atomic E-state index is -0.183. The molecule has 0 aliphatic rings. The quantitative estimate of drug-likeness (QED) is 0.617. The lowest BCUT2D eigenvalue weighted by Gasteiger charge is -2.08. The summed E-state index contributed by atoms with van der Waals surface area (Å²) in [5.41, 5.74) is 0. The second-order valence-corrected chi connectivity index (χ2v) is 4.80. The molecule has 94 valence electrons. The van der Waals surface area contributed by atoms with E-state index in [0.29, 0.717) is 23.9 Å². The Balaban J connectivity index is 2.39. The molecule has 4 nitrogen and oxygen atoms in total. The van der Waals surface area contributed by atoms with Crippen LogP contribution in [-0.4, -0.2) is 32.8 Å². The molecule has 1 N–H and O–H groups in total. The van der Waals surface area contributed by atoms with Crippen molar-refractivity contribution in [2.24, 2.45) is 0 Å². The molecule has 0 aliphatic carbocycles. The average Bonchev–Trinajstić information content (AvgIpc) is 2.31. The van der Waals surface area contributed by atoms with Gasteiger partial charge < -0.3 is 14.8 Å². The van der Waals surface area contributed by atoms with Gasteiger partial charge in [0.25, 0.3) is 5.91 Å². The largest absolute Gasteiger partial charge is 0.483 e. The third-order valence-electron chi connectivity index (χ3n) is 1.88. The van der Waals surface area contributed by atoms with Crippen molar-refractivity contribution in [2.75, 3.05) is 26.9 Å². The van der Waals surface area contributed by atoms with E-state index in [0.717, 1.165) is 3.57 Å². The van der Waals surface area contributed by atoms with Gasteiger partial charge in [0.1, 0.15) is 5.75 Å². The Morgan fingerprint density at radius 1 is 1.53 bits per heavy atom. The molecule has 0 saturated carbocycles. The molecule has 0 spiro atoms. The second kappa shape index (κ2) is 7.73. The zero-order valence-corrected chi connectivity index (χ0v) is 12.2. The molecule has 0 radical (unpaired) electrons. The summed E-state index contributed by atoms with van der Waals surface area (Å²) in [6, 6.07) is 5.29. The van der Waals surface area contributed by atoms with Gasteiger partial charge in [-0.15, -0.1) is 0 Å². The zero-order chi connectivity index (χ0) is 12.7. The van der Waals surface area contributed by atoms with Crippen LogP contribution >= 0.6 is 34.2 Å². The highest BCUT2D eigenvalue weighted by molar-refractivity contribution is 14.1. The van der Waals surface area contributed by atoms with Crippen molar-refractivity contribution in [3.63, 3.8) is 0 Å². The highest BCUT2D eigenvalue weighted by Gasteiger charge is 2.05. The highest BCUT2D eigenvalue weighted by atomic mass is 127. The number of nitrogens with one attached hydrogen (secondary N) is 1. The fourth-order valence-corrected chi connectivity index (χ4v) is 1.73. The molecule has 0 fully saturated rings. The normalized spacial score (nSPS) is 10.1. The zero-order valence-electron chi connectivity index (χ0n) is 9.33. The van der Waals surface area contributed by atoms with Crippen LogP contribution in [0, 0.1) is 3.57 Å². The van der Waals surface area contributed by atoms with Gasteiger partial charge in [-0.3, -0.25) is 4.79 Å². The molecule has 0 heterocycles. The highest BCUT2D eigenvalue weighted by Crippen LogP contribution is 2.24. The molecule has 0 atom stereocenters. The summed E-state index contributed by atoms with van der Waals surface area (Å²) in [7, 11) is 1.58. The summed E-state index contributed by atoms with van der Waals surface area (Å²) >= 11 is 7.96. The van der Waals surface area contributed by atoms with Crippen molar-refractivity contribution >= 4 is 40.1 Å². The minimum absolute atomic E-state index is 0.0277. The van der Waals surface area contributed by atoms with E-state index in [4.69, 9.17) is 21.1 Å². The Bertz CT molecular complexity index is 387. The smallest absolute Gasteiger partial charge is 0.258 e. The molecule has 1 aromatic carbocycles. The second-order valence-electron chi connectivity index (χ2n) is 3.21. The van der Waals surface area contributed by atoms with Crippen molar-refractivity contribution in [2.45, 2.75) is 0 Å². The van der Waals surface area contributed by atoms with E-state index in [2.05, 4.69) is 27.9 Å². The Morgan fingerprint density at radius 3 is 3.00 bits per heavy atom. The van der Waals surface area contributed by atoms with Crippen LogP contribution in [0.3, 0.4) is 0 Å². The Morgan fingerprint density at radius 2 is 2.29 bits per heavy atom. The van der Waals surface area contributed by atoms with Crippen LogP contribution in [0.4, 0.5) is 0 Å². The number of hydrogen-bond donors (Lipinski definition) is 1. The molecule has 6 heteroatoms. The van der Waals surface area contributed by atoms with Gasteiger partial charge in [-0.2, -0.15) is 0 Å². The van der Waals surface area contributed by atoms with Gasteiger partial charge in [-0.1, -0.05) is 11.6 Å². The van der Waals surface area contributed by atoms with E-state index < -0.39 is 0 Å². The van der Waals surface area contributed by atoms with Crippen LogP contribution in [0.2, 0.25) is 5.02 Å². The Hall–Kier alpha value is -0.530. The van der Waals surface area contributed by atoms with Crippen molar-refractivity contribution in [1.29, 1.82) is 0 Å². The summed E-state index contributed by atoms with van der Waals surface area (Å²) in [6.45, 7) is 0.936. The summed E-state index contributed by atoms with van der Waals surface area (Å²) in [5, 5.41) is 3.25. The van der Waals surface area contributed by atoms with Gasteiger partial charge in [0, 0.05) is 18.7 Å². The maximum atomic E-state index is 11.4. The first kappa shape index (κ1) is 14.5. The SMILES string of the molecule is COCCNC(=O)COc1cc(Cl)ccc1I. The molecule has 17 heavy (non-hydrogen) atoms. The predicted octanol–water partition coefficient (Wildman–Crippen LogP) is 2.09. The predicted molar refractivity (Wildman–Crippen MR) is 74.5 cm³/mol. The molecule has 1 amide bonds.